The fraction of sp³-hybridized carbons (Fsp3) is 1.00. The summed E-state index contributed by atoms with van der Waals surface area (Å²) in [4.78, 5) is 0. The molecule has 0 saturated carbocycles. The molecular formula is C18H38. The van der Waals surface area contributed by atoms with Crippen LogP contribution in [0.1, 0.15) is 93.9 Å². The van der Waals surface area contributed by atoms with Crippen LogP contribution in [0.15, 0.2) is 0 Å². The van der Waals surface area contributed by atoms with E-state index in [1.54, 1.807) is 0 Å². The van der Waals surface area contributed by atoms with Crippen LogP contribution in [0.3, 0.4) is 0 Å². The lowest BCUT2D eigenvalue weighted by molar-refractivity contribution is 0.199. The second kappa shape index (κ2) is 7.56. The van der Waals surface area contributed by atoms with Crippen molar-refractivity contribution >= 4 is 0 Å². The van der Waals surface area contributed by atoms with E-state index < -0.39 is 0 Å². The van der Waals surface area contributed by atoms with Crippen LogP contribution in [0, 0.1) is 22.7 Å². The minimum Gasteiger partial charge on any atom is -0.0651 e. The van der Waals surface area contributed by atoms with Gasteiger partial charge in [-0.15, -0.1) is 0 Å². The Labute approximate surface area is 117 Å². The maximum Gasteiger partial charge on any atom is -0.0331 e. The Kier molecular flexibility index (Phi) is 7.56. The van der Waals surface area contributed by atoms with E-state index >= 15 is 0 Å². The molecule has 0 aliphatic rings. The Balaban J connectivity index is 4.10. The fourth-order valence-electron chi connectivity index (χ4n) is 2.51. The van der Waals surface area contributed by atoms with E-state index in [1.807, 2.05) is 0 Å². The Morgan fingerprint density at radius 2 is 1.50 bits per heavy atom. The minimum atomic E-state index is 0.512. The summed E-state index contributed by atoms with van der Waals surface area (Å²) in [6.45, 7) is 19.1. The molecule has 0 radical (unpaired) electrons. The lowest BCUT2D eigenvalue weighted by Crippen LogP contribution is -2.20. The lowest BCUT2D eigenvalue weighted by atomic mass is 9.74. The summed E-state index contributed by atoms with van der Waals surface area (Å²) >= 11 is 0. The van der Waals surface area contributed by atoms with Crippen molar-refractivity contribution in [1.82, 2.24) is 0 Å². The van der Waals surface area contributed by atoms with Gasteiger partial charge in [-0.3, -0.25) is 0 Å². The van der Waals surface area contributed by atoms with Gasteiger partial charge in [-0.25, -0.2) is 0 Å². The van der Waals surface area contributed by atoms with Crippen LogP contribution < -0.4 is 0 Å². The first-order valence-corrected chi connectivity index (χ1v) is 8.14. The molecule has 0 bridgehead atoms. The average Bonchev–Trinajstić information content (AvgIpc) is 2.27. The first kappa shape index (κ1) is 18.0. The van der Waals surface area contributed by atoms with E-state index in [0.717, 1.165) is 11.8 Å². The Morgan fingerprint density at radius 1 is 0.944 bits per heavy atom. The van der Waals surface area contributed by atoms with Crippen molar-refractivity contribution in [3.05, 3.63) is 0 Å². The summed E-state index contributed by atoms with van der Waals surface area (Å²) in [7, 11) is 0. The van der Waals surface area contributed by atoms with Gasteiger partial charge in [-0.2, -0.15) is 0 Å². The molecule has 1 atom stereocenters. The minimum absolute atomic E-state index is 0.512. The second-order valence-electron chi connectivity index (χ2n) is 8.03. The highest BCUT2D eigenvalue weighted by Crippen LogP contribution is 2.36. The summed E-state index contributed by atoms with van der Waals surface area (Å²) in [6.07, 6.45) is 8.28. The van der Waals surface area contributed by atoms with Crippen molar-refractivity contribution in [2.75, 3.05) is 0 Å². The van der Waals surface area contributed by atoms with Crippen LogP contribution in [-0.2, 0) is 0 Å². The quantitative estimate of drug-likeness (QED) is 0.430. The Morgan fingerprint density at radius 3 is 1.89 bits per heavy atom. The summed E-state index contributed by atoms with van der Waals surface area (Å²) in [5, 5.41) is 0. The zero-order valence-corrected chi connectivity index (χ0v) is 14.4. The molecule has 1 unspecified atom stereocenters. The number of hydrogen-bond acceptors (Lipinski definition) is 0. The second-order valence-corrected chi connectivity index (χ2v) is 8.03. The molecule has 0 saturated heterocycles. The highest BCUT2D eigenvalue weighted by molar-refractivity contribution is 4.75. The van der Waals surface area contributed by atoms with Gasteiger partial charge in [0.1, 0.15) is 0 Å². The predicted molar refractivity (Wildman–Crippen MR) is 84.9 cm³/mol. The van der Waals surface area contributed by atoms with Gasteiger partial charge in [-0.1, -0.05) is 81.1 Å². The maximum absolute atomic E-state index is 2.43. The van der Waals surface area contributed by atoms with Crippen molar-refractivity contribution < 1.29 is 0 Å². The Hall–Kier alpha value is 0. The van der Waals surface area contributed by atoms with Gasteiger partial charge in [0.2, 0.25) is 0 Å². The standard InChI is InChI=1S/C18H38/c1-9-16(14-17(5,6)10-2)12-11-13-18(7,8)15(3)4/h15-16H,9-14H2,1-8H3. The number of rotatable bonds is 9. The highest BCUT2D eigenvalue weighted by Gasteiger charge is 2.24. The molecule has 0 heteroatoms. The summed E-state index contributed by atoms with van der Waals surface area (Å²) in [5.41, 5.74) is 1.05. The molecule has 0 aliphatic carbocycles. The van der Waals surface area contributed by atoms with Gasteiger partial charge in [0.05, 0.1) is 0 Å². The molecule has 0 rings (SSSR count). The third kappa shape index (κ3) is 6.81. The maximum atomic E-state index is 2.43. The fourth-order valence-corrected chi connectivity index (χ4v) is 2.51. The van der Waals surface area contributed by atoms with Crippen molar-refractivity contribution in [3.63, 3.8) is 0 Å². The molecule has 0 nitrogen and oxygen atoms in total. The monoisotopic (exact) mass is 254 g/mol. The van der Waals surface area contributed by atoms with Crippen molar-refractivity contribution in [2.45, 2.75) is 93.9 Å². The largest absolute Gasteiger partial charge is 0.0651 e. The van der Waals surface area contributed by atoms with E-state index in [9.17, 15) is 0 Å². The average molecular weight is 255 g/mol. The van der Waals surface area contributed by atoms with Crippen LogP contribution >= 0.6 is 0 Å². The molecule has 0 aliphatic heterocycles. The van der Waals surface area contributed by atoms with Crippen LogP contribution in [0.2, 0.25) is 0 Å². The molecule has 0 fully saturated rings. The smallest absolute Gasteiger partial charge is 0.0331 e. The summed E-state index contributed by atoms with van der Waals surface area (Å²) in [6, 6.07) is 0. The zero-order valence-electron chi connectivity index (χ0n) is 14.4. The molecule has 0 N–H and O–H groups in total. The summed E-state index contributed by atoms with van der Waals surface area (Å²) < 4.78 is 0. The van der Waals surface area contributed by atoms with Gasteiger partial charge >= 0.3 is 0 Å². The highest BCUT2D eigenvalue weighted by atomic mass is 14.3. The summed E-state index contributed by atoms with van der Waals surface area (Å²) in [5.74, 6) is 1.73. The third-order valence-electron chi connectivity index (χ3n) is 5.37. The molecule has 0 aromatic rings. The van der Waals surface area contributed by atoms with E-state index in [-0.39, 0.29) is 0 Å². The van der Waals surface area contributed by atoms with Crippen molar-refractivity contribution in [1.29, 1.82) is 0 Å². The van der Waals surface area contributed by atoms with Crippen molar-refractivity contribution in [2.24, 2.45) is 22.7 Å². The SMILES string of the molecule is CCC(CCCC(C)(C)C(C)C)CC(C)(C)CC. The van der Waals surface area contributed by atoms with Crippen LogP contribution in [0.5, 0.6) is 0 Å². The van der Waals surface area contributed by atoms with Gasteiger partial charge in [0.25, 0.3) is 0 Å². The molecule has 18 heavy (non-hydrogen) atoms. The molecule has 110 valence electrons. The van der Waals surface area contributed by atoms with Crippen LogP contribution in [0.25, 0.3) is 0 Å². The topological polar surface area (TPSA) is 0 Å². The first-order valence-electron chi connectivity index (χ1n) is 8.14. The molecular weight excluding hydrogens is 216 g/mol. The van der Waals surface area contributed by atoms with E-state index in [1.165, 1.54) is 38.5 Å². The van der Waals surface area contributed by atoms with Gasteiger partial charge in [0.15, 0.2) is 0 Å². The Bertz CT molecular complexity index is 210. The van der Waals surface area contributed by atoms with Gasteiger partial charge in [0, 0.05) is 0 Å². The van der Waals surface area contributed by atoms with Crippen molar-refractivity contribution in [3.8, 4) is 0 Å². The third-order valence-corrected chi connectivity index (χ3v) is 5.37. The van der Waals surface area contributed by atoms with E-state index in [2.05, 4.69) is 55.4 Å². The van der Waals surface area contributed by atoms with Gasteiger partial charge < -0.3 is 0 Å². The molecule has 0 spiro atoms. The van der Waals surface area contributed by atoms with E-state index in [0.29, 0.717) is 10.8 Å². The van der Waals surface area contributed by atoms with Crippen LogP contribution in [0.4, 0.5) is 0 Å². The van der Waals surface area contributed by atoms with Gasteiger partial charge in [-0.05, 0) is 35.5 Å². The van der Waals surface area contributed by atoms with E-state index in [4.69, 9.17) is 0 Å². The molecule has 0 aromatic carbocycles. The predicted octanol–water partition coefficient (Wildman–Crippen LogP) is 6.69. The lowest BCUT2D eigenvalue weighted by Gasteiger charge is -2.31. The zero-order chi connectivity index (χ0) is 14.4. The molecule has 0 heterocycles. The van der Waals surface area contributed by atoms with Crippen LogP contribution in [-0.4, -0.2) is 0 Å². The molecule has 0 amide bonds. The number of hydrogen-bond donors (Lipinski definition) is 0. The first-order chi connectivity index (χ1) is 8.14. The normalized spacial score (nSPS) is 15.2. The molecule has 0 aromatic heterocycles.